The van der Waals surface area contributed by atoms with Crippen LogP contribution in [0, 0.1) is 11.3 Å². The number of pyridine rings is 1. The molecule has 90 valence electrons. The summed E-state index contributed by atoms with van der Waals surface area (Å²) in [6, 6.07) is 14.6. The van der Waals surface area contributed by atoms with E-state index in [-0.39, 0.29) is 0 Å². The molecule has 1 aromatic carbocycles. The predicted molar refractivity (Wildman–Crippen MR) is 69.6 cm³/mol. The highest BCUT2D eigenvalue weighted by Crippen LogP contribution is 2.21. The molecule has 1 heterocycles. The molecule has 1 aromatic heterocycles. The highest BCUT2D eigenvalue weighted by atomic mass is 16.5. The summed E-state index contributed by atoms with van der Waals surface area (Å²) in [7, 11) is 0. The third-order valence-electron chi connectivity index (χ3n) is 2.27. The van der Waals surface area contributed by atoms with Crippen molar-refractivity contribution in [2.45, 2.75) is 6.92 Å². The van der Waals surface area contributed by atoms with Crippen molar-refractivity contribution in [3.05, 3.63) is 48.0 Å². The Bertz CT molecular complexity index is 575. The predicted octanol–water partition coefficient (Wildman–Crippen LogP) is 3.18. The number of hydrogen-bond acceptors (Lipinski definition) is 4. The number of aromatic nitrogens is 1. The molecule has 0 aliphatic rings. The largest absolute Gasteiger partial charge is 0.439 e. The van der Waals surface area contributed by atoms with E-state index in [1.54, 1.807) is 30.3 Å². The summed E-state index contributed by atoms with van der Waals surface area (Å²) < 4.78 is 5.61. The lowest BCUT2D eigenvalue weighted by atomic mass is 10.2. The van der Waals surface area contributed by atoms with E-state index in [0.29, 0.717) is 17.2 Å². The first-order valence-corrected chi connectivity index (χ1v) is 5.71. The molecule has 0 fully saturated rings. The lowest BCUT2D eigenvalue weighted by molar-refractivity contribution is 0.463. The van der Waals surface area contributed by atoms with Crippen LogP contribution in [0.2, 0.25) is 0 Å². The molecule has 4 nitrogen and oxygen atoms in total. The molecule has 0 amide bonds. The van der Waals surface area contributed by atoms with E-state index in [9.17, 15) is 0 Å². The molecule has 0 unspecified atom stereocenters. The van der Waals surface area contributed by atoms with Gasteiger partial charge in [0.1, 0.15) is 11.6 Å². The molecule has 1 N–H and O–H groups in total. The summed E-state index contributed by atoms with van der Waals surface area (Å²) >= 11 is 0. The van der Waals surface area contributed by atoms with Crippen molar-refractivity contribution in [2.24, 2.45) is 0 Å². The summed E-state index contributed by atoms with van der Waals surface area (Å²) in [6.07, 6.45) is 0. The van der Waals surface area contributed by atoms with Crippen molar-refractivity contribution < 1.29 is 4.74 Å². The molecule has 0 saturated heterocycles. The van der Waals surface area contributed by atoms with Gasteiger partial charge in [0, 0.05) is 12.6 Å². The third-order valence-corrected chi connectivity index (χ3v) is 2.27. The van der Waals surface area contributed by atoms with Crippen LogP contribution in [0.4, 0.5) is 5.82 Å². The van der Waals surface area contributed by atoms with Gasteiger partial charge in [0.15, 0.2) is 0 Å². The molecule has 0 atom stereocenters. The maximum Gasteiger partial charge on any atom is 0.221 e. The molecule has 0 radical (unpaired) electrons. The Balaban J connectivity index is 2.18. The van der Waals surface area contributed by atoms with Crippen LogP contribution in [0.15, 0.2) is 42.5 Å². The minimum atomic E-state index is 0.503. The van der Waals surface area contributed by atoms with Gasteiger partial charge in [0.2, 0.25) is 5.88 Å². The van der Waals surface area contributed by atoms with Gasteiger partial charge in [-0.2, -0.15) is 10.2 Å². The molecule has 18 heavy (non-hydrogen) atoms. The molecule has 0 aliphatic heterocycles. The Hall–Kier alpha value is -2.54. The number of nitriles is 1. The highest BCUT2D eigenvalue weighted by Gasteiger charge is 2.01. The maximum atomic E-state index is 8.81. The maximum absolute atomic E-state index is 8.81. The minimum absolute atomic E-state index is 0.503. The fraction of sp³-hybridized carbons (Fsp3) is 0.143. The van der Waals surface area contributed by atoms with Crippen LogP contribution >= 0.6 is 0 Å². The van der Waals surface area contributed by atoms with Crippen LogP contribution in [-0.2, 0) is 0 Å². The number of rotatable bonds is 4. The zero-order valence-electron chi connectivity index (χ0n) is 10.1. The Morgan fingerprint density at radius 1 is 1.28 bits per heavy atom. The van der Waals surface area contributed by atoms with E-state index >= 15 is 0 Å². The second-order valence-electron chi connectivity index (χ2n) is 3.63. The number of ether oxygens (including phenoxy) is 1. The smallest absolute Gasteiger partial charge is 0.221 e. The Kier molecular flexibility index (Phi) is 3.77. The van der Waals surface area contributed by atoms with Crippen LogP contribution < -0.4 is 10.1 Å². The van der Waals surface area contributed by atoms with Crippen LogP contribution in [-0.4, -0.2) is 11.5 Å². The zero-order valence-corrected chi connectivity index (χ0v) is 10.1. The number of benzene rings is 1. The quantitative estimate of drug-likeness (QED) is 0.890. The topological polar surface area (TPSA) is 57.9 Å². The van der Waals surface area contributed by atoms with Gasteiger partial charge in [-0.1, -0.05) is 12.1 Å². The van der Waals surface area contributed by atoms with E-state index in [0.717, 1.165) is 12.4 Å². The average molecular weight is 239 g/mol. The fourth-order valence-electron chi connectivity index (χ4n) is 1.50. The van der Waals surface area contributed by atoms with Crippen molar-refractivity contribution in [1.82, 2.24) is 4.98 Å². The van der Waals surface area contributed by atoms with E-state index in [2.05, 4.69) is 16.4 Å². The van der Waals surface area contributed by atoms with E-state index < -0.39 is 0 Å². The summed E-state index contributed by atoms with van der Waals surface area (Å²) in [6.45, 7) is 2.81. The van der Waals surface area contributed by atoms with Crippen LogP contribution in [0.3, 0.4) is 0 Å². The molecule has 0 spiro atoms. The van der Waals surface area contributed by atoms with Crippen molar-refractivity contribution in [2.75, 3.05) is 11.9 Å². The molecule has 2 aromatic rings. The summed E-state index contributed by atoms with van der Waals surface area (Å²) in [5.41, 5.74) is 0.565. The normalized spacial score (nSPS) is 9.56. The fourth-order valence-corrected chi connectivity index (χ4v) is 1.50. The van der Waals surface area contributed by atoms with Gasteiger partial charge in [0.05, 0.1) is 11.6 Å². The number of hydrogen-bond donors (Lipinski definition) is 1. The summed E-state index contributed by atoms with van der Waals surface area (Å²) in [4.78, 5) is 4.30. The standard InChI is InChI=1S/C14H13N3O/c1-2-16-13-7-4-8-14(17-13)18-12-6-3-5-11(9-12)10-15/h3-9H,2H2,1H3,(H,16,17). The molecule has 0 bridgehead atoms. The molecule has 4 heteroatoms. The van der Waals surface area contributed by atoms with Gasteiger partial charge in [-0.25, -0.2) is 0 Å². The van der Waals surface area contributed by atoms with Crippen molar-refractivity contribution in [3.63, 3.8) is 0 Å². The van der Waals surface area contributed by atoms with Gasteiger partial charge in [0.25, 0.3) is 0 Å². The zero-order chi connectivity index (χ0) is 12.8. The van der Waals surface area contributed by atoms with Crippen LogP contribution in [0.1, 0.15) is 12.5 Å². The summed E-state index contributed by atoms with van der Waals surface area (Å²) in [5.74, 6) is 1.88. The van der Waals surface area contributed by atoms with Gasteiger partial charge < -0.3 is 10.1 Å². The second kappa shape index (κ2) is 5.69. The lowest BCUT2D eigenvalue weighted by Gasteiger charge is -2.07. The monoisotopic (exact) mass is 239 g/mol. The SMILES string of the molecule is CCNc1cccc(Oc2cccc(C#N)c2)n1. The first kappa shape index (κ1) is 11.9. The first-order chi connectivity index (χ1) is 8.81. The average Bonchev–Trinajstić information content (AvgIpc) is 2.40. The van der Waals surface area contributed by atoms with Crippen molar-refractivity contribution in [3.8, 4) is 17.7 Å². The number of anilines is 1. The molecule has 2 rings (SSSR count). The Morgan fingerprint density at radius 3 is 2.89 bits per heavy atom. The van der Waals surface area contributed by atoms with Crippen molar-refractivity contribution >= 4 is 5.82 Å². The number of nitrogens with one attached hydrogen (secondary N) is 1. The van der Waals surface area contributed by atoms with E-state index in [1.807, 2.05) is 19.1 Å². The summed E-state index contributed by atoms with van der Waals surface area (Å²) in [5, 5.41) is 11.9. The van der Waals surface area contributed by atoms with Crippen molar-refractivity contribution in [1.29, 1.82) is 5.26 Å². The first-order valence-electron chi connectivity index (χ1n) is 5.71. The minimum Gasteiger partial charge on any atom is -0.439 e. The molecular formula is C14H13N3O. The molecule has 0 aliphatic carbocycles. The van der Waals surface area contributed by atoms with Gasteiger partial charge in [-0.3, -0.25) is 0 Å². The Labute approximate surface area is 106 Å². The lowest BCUT2D eigenvalue weighted by Crippen LogP contribution is -1.99. The molecular weight excluding hydrogens is 226 g/mol. The van der Waals surface area contributed by atoms with Crippen LogP contribution in [0.5, 0.6) is 11.6 Å². The molecule has 0 saturated carbocycles. The third kappa shape index (κ3) is 2.98. The van der Waals surface area contributed by atoms with Crippen LogP contribution in [0.25, 0.3) is 0 Å². The van der Waals surface area contributed by atoms with Gasteiger partial charge in [-0.05, 0) is 31.2 Å². The highest BCUT2D eigenvalue weighted by molar-refractivity contribution is 5.40. The van der Waals surface area contributed by atoms with E-state index in [4.69, 9.17) is 10.00 Å². The second-order valence-corrected chi connectivity index (χ2v) is 3.63. The van der Waals surface area contributed by atoms with Gasteiger partial charge in [-0.15, -0.1) is 0 Å². The van der Waals surface area contributed by atoms with Gasteiger partial charge >= 0.3 is 0 Å². The number of nitrogens with zero attached hydrogens (tertiary/aromatic N) is 2. The Morgan fingerprint density at radius 2 is 2.11 bits per heavy atom. The van der Waals surface area contributed by atoms with E-state index in [1.165, 1.54) is 0 Å².